The van der Waals surface area contributed by atoms with Crippen LogP contribution < -0.4 is 5.73 Å². The molecule has 0 aromatic carbocycles. The van der Waals surface area contributed by atoms with Crippen LogP contribution in [-0.2, 0) is 4.74 Å². The van der Waals surface area contributed by atoms with Crippen LogP contribution in [0.4, 0.5) is 0 Å². The molecule has 4 N–H and O–H groups in total. The van der Waals surface area contributed by atoms with Crippen molar-refractivity contribution < 1.29 is 14.9 Å². The molecule has 0 aromatic rings. The van der Waals surface area contributed by atoms with Crippen LogP contribution in [0, 0.1) is 0 Å². The Kier molecular flexibility index (Phi) is 1.32. The normalized spacial score (nSPS) is 26.1. The van der Waals surface area contributed by atoms with Crippen molar-refractivity contribution in [1.82, 2.24) is 0 Å². The molecule has 4 nitrogen and oxygen atoms in total. The van der Waals surface area contributed by atoms with E-state index >= 15 is 0 Å². The maximum Gasteiger partial charge on any atom is 0.231 e. The summed E-state index contributed by atoms with van der Waals surface area (Å²) in [5.74, 6) is -0.484. The minimum atomic E-state index is -1.02. The summed E-state index contributed by atoms with van der Waals surface area (Å²) in [5.41, 5.74) is 5.06. The average Bonchev–Trinajstić information content (AvgIpc) is 1.83. The van der Waals surface area contributed by atoms with E-state index in [1.165, 1.54) is 12.3 Å². The van der Waals surface area contributed by atoms with E-state index < -0.39 is 6.10 Å². The van der Waals surface area contributed by atoms with E-state index in [0.29, 0.717) is 0 Å². The molecule has 0 spiro atoms. The highest BCUT2D eigenvalue weighted by atomic mass is 16.5. The van der Waals surface area contributed by atoms with Crippen molar-refractivity contribution in [2.75, 3.05) is 0 Å². The summed E-state index contributed by atoms with van der Waals surface area (Å²) in [5, 5.41) is 17.6. The van der Waals surface area contributed by atoms with Gasteiger partial charge in [0.15, 0.2) is 5.76 Å². The second-order valence-electron chi connectivity index (χ2n) is 1.64. The van der Waals surface area contributed by atoms with Crippen LogP contribution in [-0.4, -0.2) is 16.3 Å². The third-order valence-electron chi connectivity index (χ3n) is 0.988. The lowest BCUT2D eigenvalue weighted by molar-refractivity contribution is 0.154. The van der Waals surface area contributed by atoms with Crippen LogP contribution in [0.2, 0.25) is 0 Å². The largest absolute Gasteiger partial charge is 0.505 e. The van der Waals surface area contributed by atoms with Crippen molar-refractivity contribution in [2.45, 2.75) is 6.10 Å². The predicted octanol–water partition coefficient (Wildman–Crippen LogP) is -0.423. The van der Waals surface area contributed by atoms with Crippen molar-refractivity contribution in [2.24, 2.45) is 5.73 Å². The van der Waals surface area contributed by atoms with Gasteiger partial charge in [-0.2, -0.15) is 0 Å². The van der Waals surface area contributed by atoms with Crippen LogP contribution in [0.5, 0.6) is 0 Å². The Labute approximate surface area is 51.9 Å². The third kappa shape index (κ3) is 0.972. The van der Waals surface area contributed by atoms with E-state index in [-0.39, 0.29) is 11.6 Å². The first-order valence-electron chi connectivity index (χ1n) is 2.42. The number of hydrogen-bond donors (Lipinski definition) is 3. The van der Waals surface area contributed by atoms with Crippen LogP contribution >= 0.6 is 0 Å². The summed E-state index contributed by atoms with van der Waals surface area (Å²) in [4.78, 5) is 0. The van der Waals surface area contributed by atoms with E-state index in [0.717, 1.165) is 0 Å². The van der Waals surface area contributed by atoms with Gasteiger partial charge >= 0.3 is 0 Å². The zero-order chi connectivity index (χ0) is 6.85. The summed E-state index contributed by atoms with van der Waals surface area (Å²) < 4.78 is 4.53. The molecule has 4 heteroatoms. The Bertz CT molecular complexity index is 173. The maximum absolute atomic E-state index is 8.79. The summed E-state index contributed by atoms with van der Waals surface area (Å²) in [6.45, 7) is 0. The summed E-state index contributed by atoms with van der Waals surface area (Å²) in [7, 11) is 0. The predicted molar refractivity (Wildman–Crippen MR) is 30.1 cm³/mol. The lowest BCUT2D eigenvalue weighted by Crippen LogP contribution is -2.17. The lowest BCUT2D eigenvalue weighted by Gasteiger charge is -2.11. The molecular weight excluding hydrogens is 122 g/mol. The highest BCUT2D eigenvalue weighted by molar-refractivity contribution is 5.13. The van der Waals surface area contributed by atoms with Crippen molar-refractivity contribution in [3.05, 3.63) is 24.0 Å². The molecule has 50 valence electrons. The zero-order valence-electron chi connectivity index (χ0n) is 4.61. The van der Waals surface area contributed by atoms with Gasteiger partial charge in [0.2, 0.25) is 5.88 Å². The Hall–Kier alpha value is -1.16. The third-order valence-corrected chi connectivity index (χ3v) is 0.988. The van der Waals surface area contributed by atoms with Gasteiger partial charge in [-0.15, -0.1) is 0 Å². The molecule has 1 atom stereocenters. The van der Waals surface area contributed by atoms with Gasteiger partial charge in [-0.1, -0.05) is 0 Å². The molecule has 1 unspecified atom stereocenters. The molecule has 0 fully saturated rings. The minimum absolute atomic E-state index is 0.148. The Balaban J connectivity index is 2.79. The molecule has 1 rings (SSSR count). The number of aliphatic hydroxyl groups is 2. The molecule has 1 heterocycles. The van der Waals surface area contributed by atoms with E-state index in [1.54, 1.807) is 0 Å². The maximum atomic E-state index is 8.79. The lowest BCUT2D eigenvalue weighted by atomic mass is 10.3. The molecule has 0 saturated carbocycles. The molecule has 1 aliphatic rings. The molecule has 0 aromatic heterocycles. The number of ether oxygens (including phenoxy) is 1. The van der Waals surface area contributed by atoms with Gasteiger partial charge in [0.05, 0.1) is 6.26 Å². The molecule has 9 heavy (non-hydrogen) atoms. The molecule has 0 saturated heterocycles. The second kappa shape index (κ2) is 1.99. The van der Waals surface area contributed by atoms with E-state index in [1.807, 2.05) is 0 Å². The van der Waals surface area contributed by atoms with Gasteiger partial charge < -0.3 is 20.7 Å². The monoisotopic (exact) mass is 129 g/mol. The minimum Gasteiger partial charge on any atom is -0.505 e. The SMILES string of the molecule is NC1=C(O)C(O)C=CO1. The topological polar surface area (TPSA) is 75.7 Å². The molecule has 1 aliphatic heterocycles. The van der Waals surface area contributed by atoms with Gasteiger partial charge in [-0.3, -0.25) is 0 Å². The Morgan fingerprint density at radius 2 is 2.33 bits per heavy atom. The van der Waals surface area contributed by atoms with Crippen molar-refractivity contribution in [3.8, 4) is 0 Å². The van der Waals surface area contributed by atoms with Gasteiger partial charge in [-0.25, -0.2) is 0 Å². The van der Waals surface area contributed by atoms with Crippen molar-refractivity contribution >= 4 is 0 Å². The summed E-state index contributed by atoms with van der Waals surface area (Å²) >= 11 is 0. The van der Waals surface area contributed by atoms with Crippen molar-refractivity contribution in [1.29, 1.82) is 0 Å². The fourth-order valence-corrected chi connectivity index (χ4v) is 0.484. The highest BCUT2D eigenvalue weighted by Gasteiger charge is 2.14. The Morgan fingerprint density at radius 1 is 1.67 bits per heavy atom. The first-order chi connectivity index (χ1) is 4.22. The van der Waals surface area contributed by atoms with Gasteiger partial charge in [0.1, 0.15) is 6.10 Å². The van der Waals surface area contributed by atoms with E-state index in [2.05, 4.69) is 4.74 Å². The van der Waals surface area contributed by atoms with E-state index in [4.69, 9.17) is 15.9 Å². The zero-order valence-corrected chi connectivity index (χ0v) is 4.61. The summed E-state index contributed by atoms with van der Waals surface area (Å²) in [6, 6.07) is 0. The first kappa shape index (κ1) is 5.97. The number of rotatable bonds is 0. The van der Waals surface area contributed by atoms with Gasteiger partial charge in [-0.05, 0) is 6.08 Å². The number of hydrogen-bond acceptors (Lipinski definition) is 4. The quantitative estimate of drug-likeness (QED) is 0.415. The van der Waals surface area contributed by atoms with Crippen LogP contribution in [0.25, 0.3) is 0 Å². The fourth-order valence-electron chi connectivity index (χ4n) is 0.484. The summed E-state index contributed by atoms with van der Waals surface area (Å²) in [6.07, 6.45) is 1.49. The molecule has 0 aliphatic carbocycles. The molecular formula is C5H7NO3. The number of nitrogens with two attached hydrogens (primary N) is 1. The smallest absolute Gasteiger partial charge is 0.231 e. The highest BCUT2D eigenvalue weighted by Crippen LogP contribution is 2.09. The molecule has 0 amide bonds. The number of aliphatic hydroxyl groups excluding tert-OH is 2. The molecule has 0 radical (unpaired) electrons. The Morgan fingerprint density at radius 3 is 2.78 bits per heavy atom. The van der Waals surface area contributed by atoms with Gasteiger partial charge in [0, 0.05) is 0 Å². The average molecular weight is 129 g/mol. The van der Waals surface area contributed by atoms with Crippen LogP contribution in [0.3, 0.4) is 0 Å². The first-order valence-corrected chi connectivity index (χ1v) is 2.42. The fraction of sp³-hybridized carbons (Fsp3) is 0.200. The second-order valence-corrected chi connectivity index (χ2v) is 1.64. The van der Waals surface area contributed by atoms with Crippen molar-refractivity contribution in [3.63, 3.8) is 0 Å². The standard InChI is InChI=1S/C5H7NO3/c6-5-4(8)3(7)1-2-9-5/h1-3,7-8H,6H2. The van der Waals surface area contributed by atoms with Crippen LogP contribution in [0.1, 0.15) is 0 Å². The molecule has 0 bridgehead atoms. The van der Waals surface area contributed by atoms with Crippen LogP contribution in [0.15, 0.2) is 24.0 Å². The van der Waals surface area contributed by atoms with Gasteiger partial charge in [0.25, 0.3) is 0 Å². The van der Waals surface area contributed by atoms with E-state index in [9.17, 15) is 0 Å².